The highest BCUT2D eigenvalue weighted by atomic mass is 32.2. The summed E-state index contributed by atoms with van der Waals surface area (Å²) >= 11 is 3.46. The van der Waals surface area contributed by atoms with Gasteiger partial charge in [0.15, 0.2) is 0 Å². The highest BCUT2D eigenvalue weighted by Gasteiger charge is 2.64. The van der Waals surface area contributed by atoms with Crippen LogP contribution in [0.15, 0.2) is 112 Å². The number of allylic oxidation sites excluding steroid dienone is 1. The van der Waals surface area contributed by atoms with Gasteiger partial charge in [0, 0.05) is 47.3 Å². The maximum Gasteiger partial charge on any atom is 0.231 e. The summed E-state index contributed by atoms with van der Waals surface area (Å²) in [5.74, 6) is 1.41. The van der Waals surface area contributed by atoms with Crippen LogP contribution in [0, 0.1) is 17.8 Å². The third-order valence-electron chi connectivity index (χ3n) is 11.4. The van der Waals surface area contributed by atoms with Crippen molar-refractivity contribution in [2.75, 3.05) is 32.7 Å². The number of aliphatic hydroxyl groups excluding tert-OH is 2. The summed E-state index contributed by atoms with van der Waals surface area (Å²) in [5, 5.41) is 24.6. The van der Waals surface area contributed by atoms with E-state index in [-0.39, 0.29) is 48.4 Å². The van der Waals surface area contributed by atoms with Crippen molar-refractivity contribution >= 4 is 29.2 Å². The lowest BCUT2D eigenvalue weighted by Crippen LogP contribution is -2.64. The number of aliphatic hydroxyl groups is 2. The molecule has 2 fully saturated rings. The summed E-state index contributed by atoms with van der Waals surface area (Å²) in [6, 6.07) is 24.8. The quantitative estimate of drug-likeness (QED) is 0.0565. The van der Waals surface area contributed by atoms with Gasteiger partial charge in [-0.05, 0) is 117 Å². The van der Waals surface area contributed by atoms with Gasteiger partial charge in [0.1, 0.15) is 17.2 Å². The Morgan fingerprint density at radius 3 is 2.44 bits per heavy atom. The second-order valence-corrected chi connectivity index (χ2v) is 17.0. The molecule has 1 saturated carbocycles. The zero-order valence-corrected chi connectivity index (χ0v) is 33.5. The summed E-state index contributed by atoms with van der Waals surface area (Å²) < 4.78 is 26.9. The first-order valence-corrected chi connectivity index (χ1v) is 22.1. The third-order valence-corrected chi connectivity index (χ3v) is 13.4. The van der Waals surface area contributed by atoms with Crippen LogP contribution in [0.5, 0.6) is 17.2 Å². The van der Waals surface area contributed by atoms with Gasteiger partial charge in [-0.3, -0.25) is 0 Å². The summed E-state index contributed by atoms with van der Waals surface area (Å²) in [4.78, 5) is 8.55. The van der Waals surface area contributed by atoms with Gasteiger partial charge in [-0.2, -0.15) is 0 Å². The molecular formula is C45H55NO7S2. The van der Waals surface area contributed by atoms with Gasteiger partial charge in [-0.1, -0.05) is 48.3 Å². The van der Waals surface area contributed by atoms with Crippen LogP contribution >= 0.6 is 23.5 Å². The molecule has 2 N–H and O–H groups in total. The monoisotopic (exact) mass is 785 g/mol. The van der Waals surface area contributed by atoms with Crippen molar-refractivity contribution in [3.63, 3.8) is 0 Å². The Bertz CT molecular complexity index is 1760. The molecule has 0 bridgehead atoms. The van der Waals surface area contributed by atoms with Crippen molar-refractivity contribution in [3.8, 4) is 17.2 Å². The Morgan fingerprint density at radius 1 is 0.927 bits per heavy atom. The van der Waals surface area contributed by atoms with Crippen molar-refractivity contribution in [1.82, 2.24) is 0 Å². The zero-order valence-electron chi connectivity index (χ0n) is 31.9. The minimum absolute atomic E-state index is 0.0240. The number of hydrogen-bond donors (Lipinski definition) is 2. The molecule has 2 aliphatic heterocycles. The zero-order chi connectivity index (χ0) is 38.0. The molecule has 4 aliphatic rings. The van der Waals surface area contributed by atoms with Crippen LogP contribution in [0.3, 0.4) is 0 Å². The predicted molar refractivity (Wildman–Crippen MR) is 220 cm³/mol. The van der Waals surface area contributed by atoms with Crippen molar-refractivity contribution < 1.29 is 34.0 Å². The van der Waals surface area contributed by atoms with Crippen molar-refractivity contribution in [3.05, 3.63) is 103 Å². The van der Waals surface area contributed by atoms with E-state index >= 15 is 0 Å². The lowest BCUT2D eigenvalue weighted by Gasteiger charge is -2.58. The molecular weight excluding hydrogens is 731 g/mol. The van der Waals surface area contributed by atoms with E-state index in [1.807, 2.05) is 30.3 Å². The average molecular weight is 786 g/mol. The first-order valence-electron chi connectivity index (χ1n) is 20.0. The standard InChI is InChI=1S/C45H55NO7S2/c1-3-26-50-45-41(55-35-14-5-4-6-15-35)30-39(46-53-42-17-9-12-27-49-42)37-28-31(13-7-10-24-47)36(16-8-11-25-48)43(44(37)45)38-29-33(20-23-40(38)52-45)51-32-18-21-34(54-2)22-19-32/h3-6,14-15,18-23,28-29,31,36,41-44,47-48H,1,7-13,16-17,24-27,30H2,2H3. The Balaban J connectivity index is 1.39. The second kappa shape index (κ2) is 19.3. The molecule has 0 aromatic heterocycles. The molecule has 0 amide bonds. The predicted octanol–water partition coefficient (Wildman–Crippen LogP) is 10.2. The number of benzene rings is 3. The first-order chi connectivity index (χ1) is 27.1. The molecule has 7 rings (SSSR count). The van der Waals surface area contributed by atoms with Crippen molar-refractivity contribution in [1.29, 1.82) is 0 Å². The Kier molecular flexibility index (Phi) is 14.0. The molecule has 8 nitrogen and oxygen atoms in total. The third kappa shape index (κ3) is 9.16. The number of rotatable bonds is 18. The van der Waals surface area contributed by atoms with E-state index < -0.39 is 5.79 Å². The highest BCUT2D eigenvalue weighted by Crippen LogP contribution is 2.63. The minimum Gasteiger partial charge on any atom is -0.460 e. The Morgan fingerprint density at radius 2 is 1.71 bits per heavy atom. The lowest BCUT2D eigenvalue weighted by atomic mass is 9.56. The van der Waals surface area contributed by atoms with Crippen LogP contribution in [-0.2, 0) is 14.3 Å². The largest absolute Gasteiger partial charge is 0.460 e. The highest BCUT2D eigenvalue weighted by molar-refractivity contribution is 8.00. The second-order valence-electron chi connectivity index (χ2n) is 14.9. The fraction of sp³-hybridized carbons (Fsp3) is 0.489. The molecule has 2 aliphatic carbocycles. The van der Waals surface area contributed by atoms with E-state index in [1.54, 1.807) is 23.5 Å². The van der Waals surface area contributed by atoms with E-state index in [2.05, 4.69) is 67.4 Å². The van der Waals surface area contributed by atoms with Crippen LogP contribution < -0.4 is 9.47 Å². The van der Waals surface area contributed by atoms with Crippen LogP contribution in [0.2, 0.25) is 0 Å². The van der Waals surface area contributed by atoms with Gasteiger partial charge in [-0.15, -0.1) is 30.1 Å². The van der Waals surface area contributed by atoms with Gasteiger partial charge in [0.25, 0.3) is 0 Å². The fourth-order valence-electron chi connectivity index (χ4n) is 8.85. The molecule has 0 spiro atoms. The smallest absolute Gasteiger partial charge is 0.231 e. The van der Waals surface area contributed by atoms with Crippen molar-refractivity contribution in [2.24, 2.45) is 22.9 Å². The molecule has 55 heavy (non-hydrogen) atoms. The van der Waals surface area contributed by atoms with Crippen LogP contribution in [0.4, 0.5) is 0 Å². The number of thioether (sulfide) groups is 2. The lowest BCUT2D eigenvalue weighted by molar-refractivity contribution is -0.223. The number of ether oxygens (including phenoxy) is 4. The number of hydrogen-bond acceptors (Lipinski definition) is 10. The van der Waals surface area contributed by atoms with Crippen LogP contribution in [-0.4, -0.2) is 65.9 Å². The number of fused-ring (bicyclic) bond motifs is 2. The Labute approximate surface area is 334 Å². The molecule has 3 aromatic carbocycles. The van der Waals surface area contributed by atoms with Gasteiger partial charge >= 0.3 is 0 Å². The molecule has 3 aromatic rings. The summed E-state index contributed by atoms with van der Waals surface area (Å²) in [7, 11) is 0. The van der Waals surface area contributed by atoms with Gasteiger partial charge < -0.3 is 34.0 Å². The summed E-state index contributed by atoms with van der Waals surface area (Å²) in [5.41, 5.74) is 3.10. The molecule has 7 unspecified atom stereocenters. The number of oxime groups is 1. The van der Waals surface area contributed by atoms with Gasteiger partial charge in [0.05, 0.1) is 30.1 Å². The van der Waals surface area contributed by atoms with Gasteiger partial charge in [-0.25, -0.2) is 0 Å². The summed E-state index contributed by atoms with van der Waals surface area (Å²) in [6.45, 7) is 5.37. The van der Waals surface area contributed by atoms with E-state index in [0.717, 1.165) is 96.8 Å². The summed E-state index contributed by atoms with van der Waals surface area (Å²) in [6.07, 6.45) is 14.5. The normalized spacial score (nSPS) is 27.7. The maximum atomic E-state index is 9.93. The molecule has 1 saturated heterocycles. The number of unbranched alkanes of at least 4 members (excludes halogenated alkanes) is 2. The maximum absolute atomic E-state index is 9.93. The van der Waals surface area contributed by atoms with Crippen LogP contribution in [0.25, 0.3) is 0 Å². The first kappa shape index (κ1) is 40.0. The van der Waals surface area contributed by atoms with E-state index in [9.17, 15) is 10.2 Å². The van der Waals surface area contributed by atoms with E-state index in [0.29, 0.717) is 19.6 Å². The van der Waals surface area contributed by atoms with Gasteiger partial charge in [0.2, 0.25) is 12.1 Å². The number of nitrogens with zero attached hydrogens (tertiary/aromatic N) is 1. The van der Waals surface area contributed by atoms with E-state index in [4.69, 9.17) is 28.9 Å². The molecule has 7 atom stereocenters. The average Bonchev–Trinajstić information content (AvgIpc) is 3.22. The molecule has 2 heterocycles. The van der Waals surface area contributed by atoms with E-state index in [1.165, 1.54) is 4.90 Å². The fourth-order valence-corrected chi connectivity index (χ4v) is 10.6. The molecule has 10 heteroatoms. The molecule has 294 valence electrons. The topological polar surface area (TPSA) is 99.0 Å². The molecule has 0 radical (unpaired) electrons. The van der Waals surface area contributed by atoms with Crippen LogP contribution in [0.1, 0.15) is 75.7 Å². The SMILES string of the molecule is C=CCOC12Oc3ccc(Oc4ccc(SC)cc4)cc3C3C(CCCCO)C(CCCCO)C=C(C(=NOC4CCCCO4)CC1Sc1ccccc1)C32. The Hall–Kier alpha value is -3.25. The van der Waals surface area contributed by atoms with Crippen molar-refractivity contribution in [2.45, 2.75) is 97.2 Å². The minimum atomic E-state index is -1.06.